The molecule has 1 aliphatic carbocycles. The van der Waals surface area contributed by atoms with Crippen LogP contribution in [0, 0.1) is 0 Å². The lowest BCUT2D eigenvalue weighted by atomic mass is 9.92. The van der Waals surface area contributed by atoms with Crippen molar-refractivity contribution < 1.29 is 4.74 Å². The molecule has 0 fully saturated rings. The quantitative estimate of drug-likeness (QED) is 0.530. The first kappa shape index (κ1) is 9.99. The molecule has 0 bridgehead atoms. The Morgan fingerprint density at radius 1 is 1.69 bits per heavy atom. The van der Waals surface area contributed by atoms with Crippen LogP contribution in [0.2, 0.25) is 0 Å². The molecular weight excluding hydrogens is 164 g/mol. The molecule has 72 valence electrons. The van der Waals surface area contributed by atoms with Gasteiger partial charge in [0.2, 0.25) is 0 Å². The van der Waals surface area contributed by atoms with E-state index in [1.54, 1.807) is 7.11 Å². The molecule has 0 aromatic carbocycles. The van der Waals surface area contributed by atoms with Gasteiger partial charge < -0.3 is 10.5 Å². The molecular formula is C10H16N2O. The molecule has 1 atom stereocenters. The van der Waals surface area contributed by atoms with Crippen molar-refractivity contribution in [3.63, 3.8) is 0 Å². The SMILES string of the molecule is C=NC1=C(C(=C)OC)CC(N)CC1. The fourth-order valence-electron chi connectivity index (χ4n) is 1.53. The Morgan fingerprint density at radius 2 is 2.38 bits per heavy atom. The zero-order valence-electron chi connectivity index (χ0n) is 8.05. The van der Waals surface area contributed by atoms with E-state index in [9.17, 15) is 0 Å². The Bertz CT molecular complexity index is 256. The lowest BCUT2D eigenvalue weighted by Gasteiger charge is -2.22. The van der Waals surface area contributed by atoms with Crippen molar-refractivity contribution in [3.8, 4) is 0 Å². The molecule has 13 heavy (non-hydrogen) atoms. The standard InChI is InChI=1S/C10H16N2O/c1-7(13-3)9-6-8(11)4-5-10(9)12-2/h8H,1-2,4-6,11H2,3H3. The number of hydrogen-bond acceptors (Lipinski definition) is 3. The van der Waals surface area contributed by atoms with Crippen molar-refractivity contribution in [1.82, 2.24) is 0 Å². The van der Waals surface area contributed by atoms with Crippen molar-refractivity contribution in [3.05, 3.63) is 23.6 Å². The van der Waals surface area contributed by atoms with Gasteiger partial charge in [0.05, 0.1) is 7.11 Å². The Kier molecular flexibility index (Phi) is 3.25. The van der Waals surface area contributed by atoms with E-state index in [0.717, 1.165) is 30.5 Å². The molecule has 3 nitrogen and oxygen atoms in total. The third-order valence-corrected chi connectivity index (χ3v) is 2.34. The average molecular weight is 180 g/mol. The second-order valence-electron chi connectivity index (χ2n) is 3.21. The molecule has 0 aromatic heterocycles. The van der Waals surface area contributed by atoms with Gasteiger partial charge in [-0.25, -0.2) is 0 Å². The summed E-state index contributed by atoms with van der Waals surface area (Å²) in [7, 11) is 1.61. The van der Waals surface area contributed by atoms with Crippen molar-refractivity contribution in [2.45, 2.75) is 25.3 Å². The molecule has 0 aromatic rings. The topological polar surface area (TPSA) is 47.6 Å². The number of ether oxygens (including phenoxy) is 1. The zero-order chi connectivity index (χ0) is 9.84. The van der Waals surface area contributed by atoms with E-state index in [2.05, 4.69) is 18.3 Å². The fraction of sp³-hybridized carbons (Fsp3) is 0.500. The van der Waals surface area contributed by atoms with Gasteiger partial charge in [0.15, 0.2) is 0 Å². The first-order chi connectivity index (χ1) is 6.19. The van der Waals surface area contributed by atoms with Crippen molar-refractivity contribution >= 4 is 6.72 Å². The maximum absolute atomic E-state index is 5.84. The lowest BCUT2D eigenvalue weighted by Crippen LogP contribution is -2.25. The first-order valence-corrected chi connectivity index (χ1v) is 4.36. The van der Waals surface area contributed by atoms with E-state index >= 15 is 0 Å². The van der Waals surface area contributed by atoms with Crippen LogP contribution in [-0.4, -0.2) is 19.9 Å². The minimum Gasteiger partial charge on any atom is -0.497 e. The second kappa shape index (κ2) is 4.23. The highest BCUT2D eigenvalue weighted by Gasteiger charge is 2.19. The molecule has 0 radical (unpaired) electrons. The summed E-state index contributed by atoms with van der Waals surface area (Å²) in [6.07, 6.45) is 2.64. The van der Waals surface area contributed by atoms with Crippen LogP contribution in [-0.2, 0) is 4.74 Å². The molecule has 0 aliphatic heterocycles. The van der Waals surface area contributed by atoms with Crippen LogP contribution < -0.4 is 5.73 Å². The lowest BCUT2D eigenvalue weighted by molar-refractivity contribution is 0.295. The van der Waals surface area contributed by atoms with Gasteiger partial charge in [0.1, 0.15) is 5.76 Å². The zero-order valence-corrected chi connectivity index (χ0v) is 8.05. The van der Waals surface area contributed by atoms with E-state index in [1.165, 1.54) is 0 Å². The summed E-state index contributed by atoms with van der Waals surface area (Å²) in [5.41, 5.74) is 7.85. The van der Waals surface area contributed by atoms with E-state index in [-0.39, 0.29) is 6.04 Å². The summed E-state index contributed by atoms with van der Waals surface area (Å²) >= 11 is 0. The number of rotatable bonds is 3. The van der Waals surface area contributed by atoms with Gasteiger partial charge in [-0.05, 0) is 26.0 Å². The van der Waals surface area contributed by atoms with E-state index < -0.39 is 0 Å². The van der Waals surface area contributed by atoms with Crippen LogP contribution >= 0.6 is 0 Å². The number of aliphatic imine (C=N–C) groups is 1. The monoisotopic (exact) mass is 180 g/mol. The van der Waals surface area contributed by atoms with E-state index in [0.29, 0.717) is 5.76 Å². The predicted molar refractivity (Wildman–Crippen MR) is 54.6 cm³/mol. The van der Waals surface area contributed by atoms with Crippen LogP contribution in [0.25, 0.3) is 0 Å². The summed E-state index contributed by atoms with van der Waals surface area (Å²) < 4.78 is 5.07. The normalized spacial score (nSPS) is 22.8. The summed E-state index contributed by atoms with van der Waals surface area (Å²) in [5, 5.41) is 0. The first-order valence-electron chi connectivity index (χ1n) is 4.36. The summed E-state index contributed by atoms with van der Waals surface area (Å²) in [5.74, 6) is 0.664. The minimum atomic E-state index is 0.201. The smallest absolute Gasteiger partial charge is 0.116 e. The van der Waals surface area contributed by atoms with Gasteiger partial charge in [-0.2, -0.15) is 0 Å². The summed E-state index contributed by atoms with van der Waals surface area (Å²) in [6, 6.07) is 0.201. The number of allylic oxidation sites excluding steroid dienone is 2. The molecule has 0 saturated heterocycles. The van der Waals surface area contributed by atoms with Crippen molar-refractivity contribution in [2.75, 3.05) is 7.11 Å². The summed E-state index contributed by atoms with van der Waals surface area (Å²) in [4.78, 5) is 3.97. The van der Waals surface area contributed by atoms with Gasteiger partial charge in [-0.1, -0.05) is 6.58 Å². The van der Waals surface area contributed by atoms with Crippen molar-refractivity contribution in [1.29, 1.82) is 0 Å². The predicted octanol–water partition coefficient (Wildman–Crippen LogP) is 1.61. The van der Waals surface area contributed by atoms with Crippen LogP contribution in [0.15, 0.2) is 28.6 Å². The average Bonchev–Trinajstić information content (AvgIpc) is 2.16. The number of nitrogens with two attached hydrogens (primary N) is 1. The Morgan fingerprint density at radius 3 is 2.92 bits per heavy atom. The highest BCUT2D eigenvalue weighted by atomic mass is 16.5. The molecule has 0 saturated carbocycles. The molecule has 0 spiro atoms. The second-order valence-corrected chi connectivity index (χ2v) is 3.21. The van der Waals surface area contributed by atoms with Crippen molar-refractivity contribution in [2.24, 2.45) is 10.7 Å². The number of methoxy groups -OCH3 is 1. The molecule has 1 rings (SSSR count). The van der Waals surface area contributed by atoms with Gasteiger partial charge in [-0.15, -0.1) is 0 Å². The maximum Gasteiger partial charge on any atom is 0.116 e. The molecule has 1 aliphatic rings. The third-order valence-electron chi connectivity index (χ3n) is 2.34. The molecule has 2 N–H and O–H groups in total. The summed E-state index contributed by atoms with van der Waals surface area (Å²) in [6.45, 7) is 7.34. The van der Waals surface area contributed by atoms with Gasteiger partial charge >= 0.3 is 0 Å². The number of nitrogens with zero attached hydrogens (tertiary/aromatic N) is 1. The Labute approximate surface area is 79.0 Å². The van der Waals surface area contributed by atoms with Crippen LogP contribution in [0.5, 0.6) is 0 Å². The maximum atomic E-state index is 5.84. The minimum absolute atomic E-state index is 0.201. The Balaban J connectivity index is 2.90. The molecule has 1 unspecified atom stereocenters. The molecule has 3 heteroatoms. The highest BCUT2D eigenvalue weighted by molar-refractivity contribution is 5.37. The van der Waals surface area contributed by atoms with Gasteiger partial charge in [0.25, 0.3) is 0 Å². The van der Waals surface area contributed by atoms with Gasteiger partial charge in [0, 0.05) is 17.3 Å². The third kappa shape index (κ3) is 2.18. The van der Waals surface area contributed by atoms with Crippen LogP contribution in [0.3, 0.4) is 0 Å². The van der Waals surface area contributed by atoms with Crippen LogP contribution in [0.1, 0.15) is 19.3 Å². The van der Waals surface area contributed by atoms with E-state index in [4.69, 9.17) is 10.5 Å². The van der Waals surface area contributed by atoms with Gasteiger partial charge in [-0.3, -0.25) is 4.99 Å². The fourth-order valence-corrected chi connectivity index (χ4v) is 1.53. The largest absolute Gasteiger partial charge is 0.497 e. The number of hydrogen-bond donors (Lipinski definition) is 1. The highest BCUT2D eigenvalue weighted by Crippen LogP contribution is 2.29. The van der Waals surface area contributed by atoms with Crippen LogP contribution in [0.4, 0.5) is 0 Å². The molecule has 0 heterocycles. The molecule has 0 amide bonds. The van der Waals surface area contributed by atoms with E-state index in [1.807, 2.05) is 0 Å². The Hall–Kier alpha value is -1.09.